The van der Waals surface area contributed by atoms with Gasteiger partial charge < -0.3 is 14.8 Å². The Labute approximate surface area is 116 Å². The van der Waals surface area contributed by atoms with Crippen molar-refractivity contribution >= 4 is 12.0 Å². The van der Waals surface area contributed by atoms with E-state index in [-0.39, 0.29) is 6.03 Å². The number of nitrogens with one attached hydrogen (secondary N) is 1. The zero-order chi connectivity index (χ0) is 14.5. The molecule has 1 saturated heterocycles. The van der Waals surface area contributed by atoms with Crippen LogP contribution in [0.25, 0.3) is 0 Å². The van der Waals surface area contributed by atoms with E-state index in [0.29, 0.717) is 5.75 Å². The van der Waals surface area contributed by atoms with Gasteiger partial charge in [0, 0.05) is 12.6 Å². The van der Waals surface area contributed by atoms with E-state index in [0.717, 1.165) is 5.56 Å². The Bertz CT molecular complexity index is 588. The summed E-state index contributed by atoms with van der Waals surface area (Å²) in [5.41, 5.74) is -0.268. The van der Waals surface area contributed by atoms with Gasteiger partial charge in [0.05, 0.1) is 13.2 Å². The van der Waals surface area contributed by atoms with Crippen molar-refractivity contribution in [1.29, 1.82) is 0 Å². The van der Waals surface area contributed by atoms with E-state index >= 15 is 0 Å². The van der Waals surface area contributed by atoms with E-state index in [4.69, 9.17) is 9.47 Å². The Morgan fingerprint density at radius 3 is 2.85 bits per heavy atom. The van der Waals surface area contributed by atoms with Crippen LogP contribution in [0.15, 0.2) is 24.3 Å². The molecule has 2 bridgehead atoms. The number of ether oxygens (including phenoxy) is 2. The SMILES string of the molecule is COC(=O)[C@H]1[C@@H]2NC(=O)N(C)[C@]1(C)Oc1ccccc12. The van der Waals surface area contributed by atoms with Crippen molar-refractivity contribution in [2.75, 3.05) is 14.2 Å². The monoisotopic (exact) mass is 276 g/mol. The fourth-order valence-corrected chi connectivity index (χ4v) is 2.96. The molecule has 0 spiro atoms. The normalized spacial score (nSPS) is 30.9. The first-order valence-corrected chi connectivity index (χ1v) is 6.39. The van der Waals surface area contributed by atoms with Crippen LogP contribution in [0.2, 0.25) is 0 Å². The summed E-state index contributed by atoms with van der Waals surface area (Å²) in [5, 5.41) is 2.85. The smallest absolute Gasteiger partial charge is 0.320 e. The van der Waals surface area contributed by atoms with Gasteiger partial charge in [-0.3, -0.25) is 9.69 Å². The van der Waals surface area contributed by atoms with Gasteiger partial charge in [-0.15, -0.1) is 0 Å². The van der Waals surface area contributed by atoms with Crippen LogP contribution >= 0.6 is 0 Å². The van der Waals surface area contributed by atoms with Crippen molar-refractivity contribution in [3.05, 3.63) is 29.8 Å². The van der Waals surface area contributed by atoms with E-state index in [1.54, 1.807) is 14.0 Å². The lowest BCUT2D eigenvalue weighted by molar-refractivity contribution is -0.173. The van der Waals surface area contributed by atoms with Crippen LogP contribution in [0.1, 0.15) is 18.5 Å². The van der Waals surface area contributed by atoms with Crippen LogP contribution in [0.5, 0.6) is 5.75 Å². The maximum atomic E-state index is 12.2. The number of hydrogen-bond acceptors (Lipinski definition) is 4. The fraction of sp³-hybridized carbons (Fsp3) is 0.429. The Hall–Kier alpha value is -2.24. The van der Waals surface area contributed by atoms with Gasteiger partial charge in [-0.25, -0.2) is 4.79 Å². The van der Waals surface area contributed by atoms with E-state index in [1.165, 1.54) is 12.0 Å². The summed E-state index contributed by atoms with van der Waals surface area (Å²) in [6, 6.07) is 6.68. The van der Waals surface area contributed by atoms with Crippen LogP contribution in [-0.2, 0) is 9.53 Å². The molecule has 2 aliphatic rings. The van der Waals surface area contributed by atoms with Gasteiger partial charge in [-0.05, 0) is 13.0 Å². The molecule has 106 valence electrons. The number of rotatable bonds is 1. The molecule has 1 N–H and O–H groups in total. The maximum Gasteiger partial charge on any atom is 0.320 e. The highest BCUT2D eigenvalue weighted by Crippen LogP contribution is 2.47. The van der Waals surface area contributed by atoms with Crippen molar-refractivity contribution in [2.24, 2.45) is 5.92 Å². The highest BCUT2D eigenvalue weighted by atomic mass is 16.5. The second-order valence-corrected chi connectivity index (χ2v) is 5.18. The number of fused-ring (bicyclic) bond motifs is 4. The molecule has 3 atom stereocenters. The summed E-state index contributed by atoms with van der Waals surface area (Å²) in [5.74, 6) is -0.351. The third kappa shape index (κ3) is 1.51. The zero-order valence-electron chi connectivity index (χ0n) is 11.5. The number of benzene rings is 1. The average molecular weight is 276 g/mol. The number of esters is 1. The van der Waals surface area contributed by atoms with Gasteiger partial charge in [-0.2, -0.15) is 0 Å². The largest absolute Gasteiger partial charge is 0.469 e. The standard InChI is InChI=1S/C14H16N2O4/c1-14-10(12(17)19-3)11(15-13(18)16(14)2)8-6-4-5-7-9(8)20-14/h4-7,10-11H,1-3H3,(H,15,18)/t10-,11-,14-/m1/s1. The zero-order valence-corrected chi connectivity index (χ0v) is 11.5. The van der Waals surface area contributed by atoms with Crippen LogP contribution in [0.3, 0.4) is 0 Å². The Kier molecular flexibility index (Phi) is 2.64. The number of methoxy groups -OCH3 is 1. The molecule has 2 aliphatic heterocycles. The molecule has 2 amide bonds. The second-order valence-electron chi connectivity index (χ2n) is 5.18. The molecule has 1 fully saturated rings. The molecular formula is C14H16N2O4. The third-order valence-corrected chi connectivity index (χ3v) is 4.19. The van der Waals surface area contributed by atoms with Crippen molar-refractivity contribution in [3.8, 4) is 5.75 Å². The number of amides is 2. The first-order chi connectivity index (χ1) is 9.49. The Balaban J connectivity index is 2.18. The molecule has 3 rings (SSSR count). The highest BCUT2D eigenvalue weighted by Gasteiger charge is 2.59. The number of hydrogen-bond donors (Lipinski definition) is 1. The van der Waals surface area contributed by atoms with E-state index < -0.39 is 23.7 Å². The summed E-state index contributed by atoms with van der Waals surface area (Å²) in [4.78, 5) is 25.6. The summed E-state index contributed by atoms with van der Waals surface area (Å²) in [6.07, 6.45) is 0. The van der Waals surface area contributed by atoms with Crippen LogP contribution in [0, 0.1) is 5.92 Å². The van der Waals surface area contributed by atoms with E-state index in [9.17, 15) is 9.59 Å². The van der Waals surface area contributed by atoms with Crippen molar-refractivity contribution in [2.45, 2.75) is 18.7 Å². The van der Waals surface area contributed by atoms with Gasteiger partial charge in [-0.1, -0.05) is 18.2 Å². The molecule has 0 aromatic heterocycles. The third-order valence-electron chi connectivity index (χ3n) is 4.19. The number of nitrogens with zero attached hydrogens (tertiary/aromatic N) is 1. The van der Waals surface area contributed by atoms with Crippen molar-refractivity contribution in [3.63, 3.8) is 0 Å². The lowest BCUT2D eigenvalue weighted by Crippen LogP contribution is -2.70. The lowest BCUT2D eigenvalue weighted by atomic mass is 9.79. The number of carbonyl (C=O) groups excluding carboxylic acids is 2. The number of para-hydroxylation sites is 1. The molecule has 1 aromatic carbocycles. The summed E-state index contributed by atoms with van der Waals surface area (Å²) in [6.45, 7) is 1.73. The minimum Gasteiger partial charge on any atom is -0.469 e. The fourth-order valence-electron chi connectivity index (χ4n) is 2.96. The van der Waals surface area contributed by atoms with E-state index in [1.807, 2.05) is 24.3 Å². The molecule has 0 aliphatic carbocycles. The van der Waals surface area contributed by atoms with Crippen LogP contribution < -0.4 is 10.1 Å². The van der Waals surface area contributed by atoms with Crippen molar-refractivity contribution in [1.82, 2.24) is 10.2 Å². The van der Waals surface area contributed by atoms with Gasteiger partial charge in [0.15, 0.2) is 5.72 Å². The van der Waals surface area contributed by atoms with Gasteiger partial charge >= 0.3 is 12.0 Å². The molecule has 0 unspecified atom stereocenters. The topological polar surface area (TPSA) is 67.9 Å². The van der Waals surface area contributed by atoms with Gasteiger partial charge in [0.1, 0.15) is 11.7 Å². The Morgan fingerprint density at radius 1 is 1.45 bits per heavy atom. The molecule has 1 aromatic rings. The van der Waals surface area contributed by atoms with Gasteiger partial charge in [0.25, 0.3) is 0 Å². The number of carbonyl (C=O) groups is 2. The lowest BCUT2D eigenvalue weighted by Gasteiger charge is -2.53. The first-order valence-electron chi connectivity index (χ1n) is 6.39. The second kappa shape index (κ2) is 4.13. The van der Waals surface area contributed by atoms with Crippen LogP contribution in [0.4, 0.5) is 4.79 Å². The first kappa shape index (κ1) is 12.8. The molecule has 0 radical (unpaired) electrons. The Morgan fingerprint density at radius 2 is 2.15 bits per heavy atom. The maximum absolute atomic E-state index is 12.2. The predicted molar refractivity (Wildman–Crippen MR) is 70.0 cm³/mol. The predicted octanol–water partition coefficient (Wildman–Crippen LogP) is 1.28. The molecular weight excluding hydrogens is 260 g/mol. The minimum absolute atomic E-state index is 0.271. The van der Waals surface area contributed by atoms with Crippen molar-refractivity contribution < 1.29 is 19.1 Å². The summed E-state index contributed by atoms with van der Waals surface area (Å²) >= 11 is 0. The van der Waals surface area contributed by atoms with Crippen LogP contribution in [-0.4, -0.2) is 36.8 Å². The average Bonchev–Trinajstić information content (AvgIpc) is 2.44. The number of urea groups is 1. The summed E-state index contributed by atoms with van der Waals surface area (Å²) in [7, 11) is 2.94. The molecule has 0 saturated carbocycles. The quantitative estimate of drug-likeness (QED) is 0.785. The minimum atomic E-state index is -1.06. The molecule has 20 heavy (non-hydrogen) atoms. The molecule has 6 nitrogen and oxygen atoms in total. The summed E-state index contributed by atoms with van der Waals surface area (Å²) < 4.78 is 10.9. The highest BCUT2D eigenvalue weighted by molar-refractivity contribution is 5.84. The molecule has 2 heterocycles. The van der Waals surface area contributed by atoms with Gasteiger partial charge in [0.2, 0.25) is 0 Å². The molecule has 6 heteroatoms. The van der Waals surface area contributed by atoms with E-state index in [2.05, 4.69) is 5.32 Å².